The van der Waals surface area contributed by atoms with Crippen molar-refractivity contribution in [3.05, 3.63) is 220 Å². The zero-order chi connectivity index (χ0) is 45.1. The molecule has 328 valence electrons. The van der Waals surface area contributed by atoms with Crippen molar-refractivity contribution >= 4 is 72.9 Å². The summed E-state index contributed by atoms with van der Waals surface area (Å²) in [5, 5.41) is 5.11. The standard InChI is InChI=1S/C65H49BN2O/c1-63(28-26-38-30-40(38)36-63)44-24-25-54-48(32-44)49-33-45(64(2)29-27-39-31-41(39)37-64)34-53-61(49)67(54)56-35-50-46-18-9-12-23-57(46)69-62(50)58-47-19-13-21-52-60(47)68(66(53)59(56)58)55-22-11-10-20-51(55)65(52,42-14-5-3-6-15-42)43-16-7-4-8-17-43/h3-27,32-35,40-41H,28-31,36-37H2,1-2H3. The van der Waals surface area contributed by atoms with E-state index in [1.807, 2.05) is 0 Å². The van der Waals surface area contributed by atoms with Gasteiger partial charge in [-0.1, -0.05) is 165 Å². The van der Waals surface area contributed by atoms with Crippen LogP contribution in [0.2, 0.25) is 0 Å². The van der Waals surface area contributed by atoms with Gasteiger partial charge in [-0.3, -0.25) is 0 Å². The van der Waals surface area contributed by atoms with Gasteiger partial charge in [0.2, 0.25) is 0 Å². The van der Waals surface area contributed by atoms with Crippen LogP contribution in [0.4, 0.5) is 11.4 Å². The smallest absolute Gasteiger partial charge is 0.333 e. The van der Waals surface area contributed by atoms with Crippen molar-refractivity contribution in [1.29, 1.82) is 0 Å². The quantitative estimate of drug-likeness (QED) is 0.130. The lowest BCUT2D eigenvalue weighted by Gasteiger charge is -2.52. The van der Waals surface area contributed by atoms with Crippen LogP contribution in [0.3, 0.4) is 0 Å². The number of hydrogen-bond acceptors (Lipinski definition) is 2. The molecule has 10 aromatic rings. The van der Waals surface area contributed by atoms with E-state index in [1.54, 1.807) is 11.1 Å². The van der Waals surface area contributed by atoms with Crippen LogP contribution in [-0.4, -0.2) is 11.4 Å². The van der Waals surface area contributed by atoms with Crippen LogP contribution in [0.25, 0.3) is 60.6 Å². The molecule has 5 heterocycles. The second kappa shape index (κ2) is 12.7. The minimum absolute atomic E-state index is 0.0308. The van der Waals surface area contributed by atoms with Crippen LogP contribution in [0, 0.1) is 11.8 Å². The number of rotatable bonds is 4. The second-order valence-corrected chi connectivity index (χ2v) is 22.5. The lowest BCUT2D eigenvalue weighted by atomic mass is 9.42. The molecule has 3 nitrogen and oxygen atoms in total. The minimum Gasteiger partial charge on any atom is -0.455 e. The zero-order valence-corrected chi connectivity index (χ0v) is 39.0. The van der Waals surface area contributed by atoms with E-state index in [2.05, 4.69) is 199 Å². The summed E-state index contributed by atoms with van der Waals surface area (Å²) >= 11 is 0. The summed E-state index contributed by atoms with van der Waals surface area (Å²) in [5.74, 6) is 1.47. The van der Waals surface area contributed by atoms with E-state index < -0.39 is 5.41 Å². The maximum Gasteiger partial charge on any atom is 0.333 e. The first kappa shape index (κ1) is 37.7. The highest BCUT2D eigenvalue weighted by Crippen LogP contribution is 2.61. The predicted octanol–water partition coefficient (Wildman–Crippen LogP) is 14.6. The maximum atomic E-state index is 7.25. The average Bonchev–Trinajstić information content (AvgIpc) is 4.29. The fourth-order valence-electron chi connectivity index (χ4n) is 15.2. The summed E-state index contributed by atoms with van der Waals surface area (Å²) in [4.78, 5) is 2.79. The molecule has 0 radical (unpaired) electrons. The number of aromatic nitrogens is 1. The third-order valence-electron chi connectivity index (χ3n) is 18.7. The molecule has 0 bridgehead atoms. The monoisotopic (exact) mass is 884 g/mol. The Balaban J connectivity index is 1.05. The predicted molar refractivity (Wildman–Crippen MR) is 285 cm³/mol. The Labute approximate surface area is 402 Å². The van der Waals surface area contributed by atoms with Gasteiger partial charge >= 0.3 is 6.85 Å². The number of nitrogens with zero attached hydrogens (tertiary/aromatic N) is 2. The molecule has 17 rings (SSSR count). The van der Waals surface area contributed by atoms with Crippen LogP contribution in [0.15, 0.2) is 192 Å². The molecular weight excluding hydrogens is 836 g/mol. The molecule has 2 fully saturated rings. The summed E-state index contributed by atoms with van der Waals surface area (Å²) in [6.07, 6.45) is 12.4. The number of fused-ring (bicyclic) bond motifs is 15. The normalized spacial score (nSPS) is 23.8. The van der Waals surface area contributed by atoms with Gasteiger partial charge in [0.05, 0.1) is 16.4 Å². The third kappa shape index (κ3) is 4.67. The zero-order valence-electron chi connectivity index (χ0n) is 39.0. The number of allylic oxidation sites excluding steroid dienone is 4. The van der Waals surface area contributed by atoms with Crippen LogP contribution in [0.5, 0.6) is 0 Å². The summed E-state index contributed by atoms with van der Waals surface area (Å²) in [6, 6.07) is 63.3. The lowest BCUT2D eigenvalue weighted by molar-refractivity contribution is 0.407. The fraction of sp³-hybridized carbons (Fsp3) is 0.200. The van der Waals surface area contributed by atoms with Crippen molar-refractivity contribution in [2.24, 2.45) is 11.8 Å². The Morgan fingerprint density at radius 2 is 1.22 bits per heavy atom. The molecule has 2 saturated carbocycles. The first-order chi connectivity index (χ1) is 33.9. The number of furan rings is 1. The Bertz CT molecular complexity index is 4000. The van der Waals surface area contributed by atoms with E-state index in [1.165, 1.54) is 125 Å². The molecule has 4 aliphatic carbocycles. The fourth-order valence-corrected chi connectivity index (χ4v) is 15.2. The van der Waals surface area contributed by atoms with Crippen LogP contribution < -0.4 is 15.7 Å². The molecule has 4 unspecified atom stereocenters. The molecule has 69 heavy (non-hydrogen) atoms. The van der Waals surface area contributed by atoms with Crippen molar-refractivity contribution in [1.82, 2.24) is 4.57 Å². The number of benzene rings is 8. The Hall–Kier alpha value is -7.30. The second-order valence-electron chi connectivity index (χ2n) is 22.5. The molecule has 0 spiro atoms. The van der Waals surface area contributed by atoms with Gasteiger partial charge in [-0.25, -0.2) is 0 Å². The SMILES string of the molecule is CC1(c2ccc3c(c2)c2cc(C4(C)CC=C5CC5C4)cc4c2n3-c2cc3c(oc5ccccc53)c3c2B4N2c4ccccc4C(c4ccccc4)(c4ccccc4)c4cccc-3c42)CC=C2CC2C1. The van der Waals surface area contributed by atoms with Gasteiger partial charge in [-0.2, -0.15) is 0 Å². The van der Waals surface area contributed by atoms with Crippen molar-refractivity contribution < 1.29 is 4.42 Å². The highest BCUT2D eigenvalue weighted by molar-refractivity contribution is 6.94. The number of para-hydroxylation sites is 3. The topological polar surface area (TPSA) is 21.3 Å². The van der Waals surface area contributed by atoms with Gasteiger partial charge in [-0.05, 0) is 142 Å². The summed E-state index contributed by atoms with van der Waals surface area (Å²) in [5.41, 5.74) is 24.6. The van der Waals surface area contributed by atoms with E-state index in [0.29, 0.717) is 5.92 Å². The van der Waals surface area contributed by atoms with Crippen LogP contribution in [0.1, 0.15) is 85.8 Å². The molecule has 4 atom stereocenters. The highest BCUT2D eigenvalue weighted by Gasteiger charge is 2.54. The lowest BCUT2D eigenvalue weighted by Crippen LogP contribution is -2.62. The van der Waals surface area contributed by atoms with Crippen molar-refractivity contribution in [2.45, 2.75) is 68.6 Å². The summed E-state index contributed by atoms with van der Waals surface area (Å²) in [6.45, 7) is 4.97. The first-order valence-electron chi connectivity index (χ1n) is 25.5. The molecule has 7 aliphatic rings. The van der Waals surface area contributed by atoms with Gasteiger partial charge in [0.15, 0.2) is 0 Å². The van der Waals surface area contributed by atoms with Crippen molar-refractivity contribution in [3.63, 3.8) is 0 Å². The Morgan fingerprint density at radius 1 is 0.551 bits per heavy atom. The largest absolute Gasteiger partial charge is 0.455 e. The van der Waals surface area contributed by atoms with Gasteiger partial charge in [-0.15, -0.1) is 0 Å². The van der Waals surface area contributed by atoms with E-state index in [-0.39, 0.29) is 17.7 Å². The van der Waals surface area contributed by atoms with E-state index in [0.717, 1.165) is 35.3 Å². The Kier molecular flexibility index (Phi) is 6.91. The van der Waals surface area contributed by atoms with Gasteiger partial charge < -0.3 is 13.8 Å². The molecule has 0 N–H and O–H groups in total. The van der Waals surface area contributed by atoms with Crippen molar-refractivity contribution in [3.8, 4) is 16.8 Å². The minimum atomic E-state index is -0.588. The molecule has 0 saturated heterocycles. The van der Waals surface area contributed by atoms with Gasteiger partial charge in [0.25, 0.3) is 0 Å². The Morgan fingerprint density at radius 3 is 1.97 bits per heavy atom. The molecule has 0 amide bonds. The number of hydrogen-bond donors (Lipinski definition) is 0. The van der Waals surface area contributed by atoms with Gasteiger partial charge in [0.1, 0.15) is 11.2 Å². The average molecular weight is 885 g/mol. The van der Waals surface area contributed by atoms with Gasteiger partial charge in [0, 0.05) is 49.7 Å². The number of anilines is 2. The molecule has 4 heteroatoms. The molecule has 8 aromatic carbocycles. The van der Waals surface area contributed by atoms with E-state index >= 15 is 0 Å². The highest BCUT2D eigenvalue weighted by atomic mass is 16.3. The maximum absolute atomic E-state index is 7.25. The van der Waals surface area contributed by atoms with Crippen molar-refractivity contribution in [2.75, 3.05) is 4.81 Å². The molecular formula is C65H49BN2O. The van der Waals surface area contributed by atoms with Crippen LogP contribution in [-0.2, 0) is 16.2 Å². The summed E-state index contributed by atoms with van der Waals surface area (Å²) in [7, 11) is 0. The van der Waals surface area contributed by atoms with E-state index in [9.17, 15) is 0 Å². The van der Waals surface area contributed by atoms with Crippen LogP contribution >= 0.6 is 0 Å². The molecule has 2 aromatic heterocycles. The first-order valence-corrected chi connectivity index (χ1v) is 25.5. The third-order valence-corrected chi connectivity index (χ3v) is 18.7. The summed E-state index contributed by atoms with van der Waals surface area (Å²) < 4.78 is 9.94. The molecule has 3 aliphatic heterocycles. The van der Waals surface area contributed by atoms with E-state index in [4.69, 9.17) is 4.42 Å².